The zero-order valence-corrected chi connectivity index (χ0v) is 18.1. The van der Waals surface area contributed by atoms with Crippen molar-refractivity contribution in [3.63, 3.8) is 0 Å². The van der Waals surface area contributed by atoms with Crippen molar-refractivity contribution in [1.82, 2.24) is 4.98 Å². The number of hydrogen-bond acceptors (Lipinski definition) is 6. The Hall–Kier alpha value is -2.80. The van der Waals surface area contributed by atoms with Gasteiger partial charge in [-0.25, -0.2) is 4.98 Å². The number of benzene rings is 1. The van der Waals surface area contributed by atoms with Crippen molar-refractivity contribution in [2.75, 3.05) is 5.32 Å². The van der Waals surface area contributed by atoms with Crippen LogP contribution in [0.25, 0.3) is 10.9 Å². The lowest BCUT2D eigenvalue weighted by Gasteiger charge is -2.11. The zero-order valence-electron chi connectivity index (χ0n) is 16.5. The predicted octanol–water partition coefficient (Wildman–Crippen LogP) is 4.62. The van der Waals surface area contributed by atoms with Crippen LogP contribution in [0.3, 0.4) is 0 Å². The topological polar surface area (TPSA) is 85.4 Å². The molecule has 150 valence electrons. The zero-order chi connectivity index (χ0) is 21.1. The number of pyridine rings is 1. The molecule has 1 heterocycles. The summed E-state index contributed by atoms with van der Waals surface area (Å²) in [6.07, 6.45) is 2.29. The van der Waals surface area contributed by atoms with Gasteiger partial charge in [0.05, 0.1) is 5.52 Å². The lowest BCUT2D eigenvalue weighted by atomic mass is 10.0. The van der Waals surface area contributed by atoms with E-state index < -0.39 is 0 Å². The first-order valence-electron chi connectivity index (χ1n) is 9.19. The first kappa shape index (κ1) is 20.9. The number of hydrogen-bond donors (Lipinski definition) is 1. The van der Waals surface area contributed by atoms with Gasteiger partial charge in [-0.05, 0) is 44.0 Å². The van der Waals surface area contributed by atoms with Gasteiger partial charge in [0.25, 0.3) is 0 Å². The lowest BCUT2D eigenvalue weighted by molar-refractivity contribution is -0.142. The highest BCUT2D eigenvalue weighted by atomic mass is 79.9. The summed E-state index contributed by atoms with van der Waals surface area (Å²) in [6.45, 7) is 4.85. The van der Waals surface area contributed by atoms with E-state index >= 15 is 0 Å². The van der Waals surface area contributed by atoms with Crippen molar-refractivity contribution in [2.24, 2.45) is 0 Å². The second-order valence-electron chi connectivity index (χ2n) is 6.92. The number of Topliss-reactive ketones (excluding diaryl/α,β-unsaturated/α-hetero) is 2. The second kappa shape index (κ2) is 8.69. The van der Waals surface area contributed by atoms with E-state index in [0.29, 0.717) is 35.4 Å². The number of allylic oxidation sites excluding steroid dienone is 3. The third-order valence-electron chi connectivity index (χ3n) is 4.92. The summed E-state index contributed by atoms with van der Waals surface area (Å²) in [4.78, 5) is 40.5. The molecule has 7 heteroatoms. The van der Waals surface area contributed by atoms with Crippen LogP contribution in [0.4, 0.5) is 5.82 Å². The second-order valence-corrected chi connectivity index (χ2v) is 7.84. The molecule has 1 aromatic heterocycles. The maximum absolute atomic E-state index is 12.6. The summed E-state index contributed by atoms with van der Waals surface area (Å²) in [5.74, 6) is 0.0168. The number of anilines is 1. The van der Waals surface area contributed by atoms with E-state index in [9.17, 15) is 14.4 Å². The number of aromatic nitrogens is 1. The van der Waals surface area contributed by atoms with Crippen LogP contribution >= 0.6 is 15.9 Å². The summed E-state index contributed by atoms with van der Waals surface area (Å²) in [7, 11) is 0. The third kappa shape index (κ3) is 4.79. The molecule has 1 aliphatic carbocycles. The molecule has 0 spiro atoms. The van der Waals surface area contributed by atoms with Crippen LogP contribution in [0.15, 0.2) is 51.7 Å². The van der Waals surface area contributed by atoms with Gasteiger partial charge < -0.3 is 10.1 Å². The van der Waals surface area contributed by atoms with Crippen LogP contribution in [0.5, 0.6) is 0 Å². The number of carbonyl (C=O) groups excluding carboxylic acids is 3. The summed E-state index contributed by atoms with van der Waals surface area (Å²) in [6, 6.07) is 7.47. The van der Waals surface area contributed by atoms with Gasteiger partial charge in [-0.2, -0.15) is 0 Å². The third-order valence-corrected chi connectivity index (χ3v) is 5.41. The van der Waals surface area contributed by atoms with Crippen LogP contribution in [-0.4, -0.2) is 22.5 Å². The molecule has 29 heavy (non-hydrogen) atoms. The van der Waals surface area contributed by atoms with Gasteiger partial charge in [0.15, 0.2) is 11.6 Å². The van der Waals surface area contributed by atoms with Crippen LogP contribution in [0.2, 0.25) is 0 Å². The number of nitrogens with zero attached hydrogens (tertiary/aromatic N) is 1. The van der Waals surface area contributed by atoms with E-state index in [1.165, 1.54) is 6.92 Å². The molecule has 0 fully saturated rings. The number of esters is 1. The molecule has 0 bridgehead atoms. The van der Waals surface area contributed by atoms with Crippen LogP contribution in [0, 0.1) is 0 Å². The van der Waals surface area contributed by atoms with Crippen LogP contribution in [0.1, 0.15) is 39.2 Å². The maximum atomic E-state index is 12.6. The van der Waals surface area contributed by atoms with E-state index in [2.05, 4.69) is 26.2 Å². The first-order chi connectivity index (χ1) is 13.8. The molecule has 0 saturated carbocycles. The summed E-state index contributed by atoms with van der Waals surface area (Å²) in [5.41, 5.74) is 3.06. The van der Waals surface area contributed by atoms with Crippen molar-refractivity contribution in [1.29, 1.82) is 0 Å². The molecule has 3 rings (SSSR count). The molecule has 1 N–H and O–H groups in total. The normalized spacial score (nSPS) is 16.3. The standard InChI is InChI=1S/C22H21BrN2O4/c1-12-13(2)22(28)15(4-7-20(12)27)10-24-21-8-16(11-29-14(3)26)18-6-5-17(23)9-19(18)25-21/h5-6,8-10H,4,7,11H2,1-3H3,(H,24,25)/b15-10-. The van der Waals surface area contributed by atoms with E-state index in [0.717, 1.165) is 20.9 Å². The van der Waals surface area contributed by atoms with Gasteiger partial charge in [0, 0.05) is 46.1 Å². The van der Waals surface area contributed by atoms with Crippen molar-refractivity contribution < 1.29 is 19.1 Å². The predicted molar refractivity (Wildman–Crippen MR) is 114 cm³/mol. The minimum atomic E-state index is -0.366. The van der Waals surface area contributed by atoms with Crippen LogP contribution < -0.4 is 5.32 Å². The molecule has 0 aliphatic heterocycles. The minimum Gasteiger partial charge on any atom is -0.461 e. The van der Waals surface area contributed by atoms with Crippen molar-refractivity contribution in [2.45, 2.75) is 40.2 Å². The fraction of sp³-hybridized carbons (Fsp3) is 0.273. The Labute approximate surface area is 177 Å². The Balaban J connectivity index is 1.95. The largest absolute Gasteiger partial charge is 0.461 e. The van der Waals surface area contributed by atoms with Crippen molar-refractivity contribution >= 4 is 50.2 Å². The summed E-state index contributed by atoms with van der Waals surface area (Å²) < 4.78 is 6.04. The number of carbonyl (C=O) groups is 3. The summed E-state index contributed by atoms with van der Waals surface area (Å²) in [5, 5.41) is 3.95. The minimum absolute atomic E-state index is 0.00315. The van der Waals surface area contributed by atoms with E-state index in [-0.39, 0.29) is 24.1 Å². The molecule has 0 atom stereocenters. The Bertz CT molecular complexity index is 1090. The number of ketones is 2. The monoisotopic (exact) mass is 456 g/mol. The van der Waals surface area contributed by atoms with Crippen molar-refractivity contribution in [3.8, 4) is 0 Å². The Morgan fingerprint density at radius 3 is 2.69 bits per heavy atom. The molecule has 0 radical (unpaired) electrons. The Kier molecular flexibility index (Phi) is 6.27. The van der Waals surface area contributed by atoms with Crippen LogP contribution in [-0.2, 0) is 25.7 Å². The summed E-state index contributed by atoms with van der Waals surface area (Å²) >= 11 is 3.44. The van der Waals surface area contributed by atoms with Gasteiger partial charge >= 0.3 is 5.97 Å². The number of nitrogens with one attached hydrogen (secondary N) is 1. The highest BCUT2D eigenvalue weighted by Gasteiger charge is 2.22. The SMILES string of the molecule is CC(=O)OCc1cc(N/C=C2/CCC(=O)C(C)=C(C)C2=O)nc2cc(Br)ccc12. The number of rotatable bonds is 4. The van der Waals surface area contributed by atoms with Gasteiger partial charge in [-0.3, -0.25) is 14.4 Å². The smallest absolute Gasteiger partial charge is 0.302 e. The fourth-order valence-corrected chi connectivity index (χ4v) is 3.46. The average molecular weight is 457 g/mol. The molecular weight excluding hydrogens is 436 g/mol. The number of fused-ring (bicyclic) bond motifs is 1. The number of ether oxygens (including phenoxy) is 1. The first-order valence-corrected chi connectivity index (χ1v) is 9.99. The molecule has 0 unspecified atom stereocenters. The van der Waals surface area contributed by atoms with Gasteiger partial charge in [-0.1, -0.05) is 22.0 Å². The lowest BCUT2D eigenvalue weighted by Crippen LogP contribution is -2.07. The molecule has 1 aliphatic rings. The molecule has 2 aromatic rings. The Morgan fingerprint density at radius 2 is 1.97 bits per heavy atom. The van der Waals surface area contributed by atoms with E-state index in [1.54, 1.807) is 26.1 Å². The van der Waals surface area contributed by atoms with Gasteiger partial charge in [0.2, 0.25) is 0 Å². The fourth-order valence-electron chi connectivity index (χ4n) is 3.11. The molecule has 6 nitrogen and oxygen atoms in total. The molecule has 0 saturated heterocycles. The van der Waals surface area contributed by atoms with E-state index in [4.69, 9.17) is 4.74 Å². The van der Waals surface area contributed by atoms with Gasteiger partial charge in [-0.15, -0.1) is 0 Å². The maximum Gasteiger partial charge on any atom is 0.302 e. The highest BCUT2D eigenvalue weighted by Crippen LogP contribution is 2.26. The highest BCUT2D eigenvalue weighted by molar-refractivity contribution is 9.10. The quantitative estimate of drug-likeness (QED) is 0.533. The molecule has 0 amide bonds. The Morgan fingerprint density at radius 1 is 1.21 bits per heavy atom. The van der Waals surface area contributed by atoms with E-state index in [1.807, 2.05) is 18.2 Å². The average Bonchev–Trinajstić information content (AvgIpc) is 2.77. The molecule has 1 aromatic carbocycles. The molecular formula is C22H21BrN2O4. The van der Waals surface area contributed by atoms with Gasteiger partial charge in [0.1, 0.15) is 12.4 Å². The number of halogens is 1. The van der Waals surface area contributed by atoms with Crippen molar-refractivity contribution in [3.05, 3.63) is 57.2 Å².